The van der Waals surface area contributed by atoms with Crippen LogP contribution in [0.5, 0.6) is 0 Å². The number of nitrogens with zero attached hydrogens (tertiary/aromatic N) is 2. The Morgan fingerprint density at radius 2 is 1.96 bits per heavy atom. The van der Waals surface area contributed by atoms with Crippen molar-refractivity contribution in [2.24, 2.45) is 4.40 Å². The molecular formula is C19H26N4O3S. The number of carbonyl (C=O) groups is 1. The lowest BCUT2D eigenvalue weighted by atomic mass is 9.99. The summed E-state index contributed by atoms with van der Waals surface area (Å²) in [5.74, 6) is 0.539. The maximum absolute atomic E-state index is 12.3. The topological polar surface area (TPSA) is 90.9 Å². The summed E-state index contributed by atoms with van der Waals surface area (Å²) in [5.41, 5.74) is 0.634. The lowest BCUT2D eigenvalue weighted by Gasteiger charge is -2.29. The Kier molecular flexibility index (Phi) is 4.94. The van der Waals surface area contributed by atoms with Crippen molar-refractivity contribution in [1.29, 1.82) is 0 Å². The molecule has 0 aromatic heterocycles. The zero-order chi connectivity index (χ0) is 19.0. The molecule has 2 unspecified atom stereocenters. The Hall–Kier alpha value is -1.93. The van der Waals surface area contributed by atoms with E-state index < -0.39 is 10.0 Å². The zero-order valence-electron chi connectivity index (χ0n) is 15.5. The number of carbonyl (C=O) groups excluding carboxylic acids is 1. The number of rotatable bonds is 5. The van der Waals surface area contributed by atoms with Crippen molar-refractivity contribution in [3.63, 3.8) is 0 Å². The molecular weight excluding hydrogens is 364 g/mol. The van der Waals surface area contributed by atoms with Crippen molar-refractivity contribution in [3.8, 4) is 0 Å². The average Bonchev–Trinajstić information content (AvgIpc) is 3.11. The SMILES string of the molecule is CN(CCCC(=O)NC1CC2CCC(C1)N2)C1=NS(=O)(=O)c2ccccc21. The molecule has 4 rings (SSSR count). The number of hydrogen-bond donors (Lipinski definition) is 2. The second kappa shape index (κ2) is 7.24. The Labute approximate surface area is 160 Å². The first-order valence-electron chi connectivity index (χ1n) is 9.63. The molecule has 2 bridgehead atoms. The molecule has 0 spiro atoms. The van der Waals surface area contributed by atoms with E-state index in [-0.39, 0.29) is 16.8 Å². The standard InChI is InChI=1S/C19H26N4O3S/c1-23(19-16-5-2-3-6-17(16)27(25,26)22-19)10-4-7-18(24)21-15-11-13-8-9-14(12-15)20-13/h2-3,5-6,13-15,20H,4,7-12H2,1H3,(H,21,24). The minimum atomic E-state index is -3.60. The average molecular weight is 391 g/mol. The minimum Gasteiger partial charge on any atom is -0.358 e. The molecule has 2 atom stereocenters. The highest BCUT2D eigenvalue weighted by Crippen LogP contribution is 2.28. The normalized spacial score (nSPS) is 27.7. The van der Waals surface area contributed by atoms with E-state index in [0.29, 0.717) is 42.9 Å². The van der Waals surface area contributed by atoms with E-state index in [2.05, 4.69) is 15.0 Å². The number of amides is 1. The summed E-state index contributed by atoms with van der Waals surface area (Å²) >= 11 is 0. The maximum atomic E-state index is 12.3. The van der Waals surface area contributed by atoms with Crippen LogP contribution in [-0.4, -0.2) is 56.8 Å². The van der Waals surface area contributed by atoms with Gasteiger partial charge in [0.15, 0.2) is 0 Å². The van der Waals surface area contributed by atoms with E-state index in [0.717, 1.165) is 12.8 Å². The second-order valence-corrected chi connectivity index (χ2v) is 9.36. The molecule has 2 fully saturated rings. The highest BCUT2D eigenvalue weighted by molar-refractivity contribution is 7.90. The monoisotopic (exact) mass is 390 g/mol. The molecule has 3 aliphatic heterocycles. The van der Waals surface area contributed by atoms with Crippen LogP contribution in [0, 0.1) is 0 Å². The molecule has 146 valence electrons. The third-order valence-electron chi connectivity index (χ3n) is 5.71. The highest BCUT2D eigenvalue weighted by Gasteiger charge is 2.34. The first kappa shape index (κ1) is 18.4. The minimum absolute atomic E-state index is 0.0797. The van der Waals surface area contributed by atoms with Gasteiger partial charge < -0.3 is 15.5 Å². The molecule has 1 aromatic carbocycles. The molecule has 8 heteroatoms. The third-order valence-corrected chi connectivity index (χ3v) is 7.03. The van der Waals surface area contributed by atoms with E-state index >= 15 is 0 Å². The van der Waals surface area contributed by atoms with Gasteiger partial charge in [0.2, 0.25) is 5.91 Å². The lowest BCUT2D eigenvalue weighted by Crippen LogP contribution is -2.48. The van der Waals surface area contributed by atoms with Gasteiger partial charge in [0, 0.05) is 43.7 Å². The Morgan fingerprint density at radius 3 is 2.70 bits per heavy atom. The molecule has 0 saturated carbocycles. The van der Waals surface area contributed by atoms with Gasteiger partial charge in [0.25, 0.3) is 10.0 Å². The fourth-order valence-electron chi connectivity index (χ4n) is 4.42. The predicted octanol–water partition coefficient (Wildman–Crippen LogP) is 1.25. The first-order chi connectivity index (χ1) is 12.9. The van der Waals surface area contributed by atoms with E-state index in [1.807, 2.05) is 18.0 Å². The number of sulfonamides is 1. The number of fused-ring (bicyclic) bond motifs is 3. The van der Waals surface area contributed by atoms with Gasteiger partial charge in [0.1, 0.15) is 10.7 Å². The second-order valence-electron chi connectivity index (χ2n) is 7.78. The smallest absolute Gasteiger partial charge is 0.285 e. The first-order valence-corrected chi connectivity index (χ1v) is 11.1. The van der Waals surface area contributed by atoms with Crippen molar-refractivity contribution < 1.29 is 13.2 Å². The molecule has 1 aromatic rings. The van der Waals surface area contributed by atoms with E-state index in [9.17, 15) is 13.2 Å². The molecule has 3 heterocycles. The quantitative estimate of drug-likeness (QED) is 0.790. The van der Waals surface area contributed by atoms with E-state index in [4.69, 9.17) is 0 Å². The summed E-state index contributed by atoms with van der Waals surface area (Å²) in [5, 5.41) is 6.75. The lowest BCUT2D eigenvalue weighted by molar-refractivity contribution is -0.122. The molecule has 3 aliphatic rings. The molecule has 7 nitrogen and oxygen atoms in total. The van der Waals surface area contributed by atoms with Crippen LogP contribution in [0.25, 0.3) is 0 Å². The van der Waals surface area contributed by atoms with Crippen LogP contribution >= 0.6 is 0 Å². The van der Waals surface area contributed by atoms with Crippen LogP contribution in [0.3, 0.4) is 0 Å². The van der Waals surface area contributed by atoms with Crippen LogP contribution in [0.4, 0.5) is 0 Å². The van der Waals surface area contributed by atoms with Crippen LogP contribution in [-0.2, 0) is 14.8 Å². The maximum Gasteiger partial charge on any atom is 0.285 e. The van der Waals surface area contributed by atoms with Gasteiger partial charge in [-0.15, -0.1) is 4.40 Å². The number of nitrogens with one attached hydrogen (secondary N) is 2. The fourth-order valence-corrected chi connectivity index (χ4v) is 5.67. The number of piperidine rings is 1. The van der Waals surface area contributed by atoms with Crippen molar-refractivity contribution in [2.75, 3.05) is 13.6 Å². The summed E-state index contributed by atoms with van der Waals surface area (Å²) in [6.07, 6.45) is 5.57. The van der Waals surface area contributed by atoms with Gasteiger partial charge in [-0.3, -0.25) is 4.79 Å². The van der Waals surface area contributed by atoms with E-state index in [1.54, 1.807) is 18.2 Å². The van der Waals surface area contributed by atoms with Gasteiger partial charge in [0.05, 0.1) is 0 Å². The molecule has 0 aliphatic carbocycles. The third kappa shape index (κ3) is 3.87. The number of benzene rings is 1. The highest BCUT2D eigenvalue weighted by atomic mass is 32.2. The van der Waals surface area contributed by atoms with Gasteiger partial charge in [-0.05, 0) is 44.2 Å². The Morgan fingerprint density at radius 1 is 1.26 bits per heavy atom. The van der Waals surface area contributed by atoms with Gasteiger partial charge in [-0.2, -0.15) is 8.42 Å². The summed E-state index contributed by atoms with van der Waals surface area (Å²) in [6.45, 7) is 0.577. The van der Waals surface area contributed by atoms with Gasteiger partial charge in [-0.25, -0.2) is 0 Å². The van der Waals surface area contributed by atoms with Crippen molar-refractivity contribution in [3.05, 3.63) is 29.8 Å². The summed E-state index contributed by atoms with van der Waals surface area (Å²) in [4.78, 5) is 14.3. The van der Waals surface area contributed by atoms with Crippen LogP contribution in [0.15, 0.2) is 33.6 Å². The molecule has 2 saturated heterocycles. The Balaban J connectivity index is 1.28. The molecule has 0 radical (unpaired) electrons. The number of hydrogen-bond acceptors (Lipinski definition) is 5. The zero-order valence-corrected chi connectivity index (χ0v) is 16.3. The van der Waals surface area contributed by atoms with Gasteiger partial charge in [-0.1, -0.05) is 12.1 Å². The number of amidine groups is 1. The van der Waals surface area contributed by atoms with Crippen molar-refractivity contribution in [1.82, 2.24) is 15.5 Å². The van der Waals surface area contributed by atoms with E-state index in [1.165, 1.54) is 12.8 Å². The Bertz CT molecular complexity index is 855. The molecule has 2 N–H and O–H groups in total. The molecule has 1 amide bonds. The summed E-state index contributed by atoms with van der Waals surface area (Å²) in [6, 6.07) is 8.26. The largest absolute Gasteiger partial charge is 0.358 e. The van der Waals surface area contributed by atoms with Crippen LogP contribution < -0.4 is 10.6 Å². The summed E-state index contributed by atoms with van der Waals surface area (Å²) < 4.78 is 28.2. The van der Waals surface area contributed by atoms with Gasteiger partial charge >= 0.3 is 0 Å². The fraction of sp³-hybridized carbons (Fsp3) is 0.579. The van der Waals surface area contributed by atoms with Crippen molar-refractivity contribution >= 4 is 21.8 Å². The van der Waals surface area contributed by atoms with Crippen LogP contribution in [0.1, 0.15) is 44.1 Å². The summed E-state index contributed by atoms with van der Waals surface area (Å²) in [7, 11) is -1.79. The van der Waals surface area contributed by atoms with Crippen LogP contribution in [0.2, 0.25) is 0 Å². The van der Waals surface area contributed by atoms with Crippen molar-refractivity contribution in [2.45, 2.75) is 61.5 Å². The predicted molar refractivity (Wildman–Crippen MR) is 103 cm³/mol. The molecule has 27 heavy (non-hydrogen) atoms.